The minimum atomic E-state index is 0.0612. The number of benzene rings is 1. The van der Waals surface area contributed by atoms with Crippen molar-refractivity contribution in [1.82, 2.24) is 30.0 Å². The molecule has 0 unspecified atom stereocenters. The summed E-state index contributed by atoms with van der Waals surface area (Å²) in [6, 6.07) is 9.75. The molecule has 1 aromatic carbocycles. The SMILES string of the molecule is CN(C)c1ccc([C@H](c2nnnn2C[C@@H]2CCCO2)N2CCN(C3CCCCC3)CC2)cc1. The van der Waals surface area contributed by atoms with E-state index in [2.05, 4.69) is 68.6 Å². The second-order valence-electron chi connectivity index (χ2n) is 10.1. The summed E-state index contributed by atoms with van der Waals surface area (Å²) in [6.45, 7) is 5.93. The van der Waals surface area contributed by atoms with Crippen LogP contribution in [0.5, 0.6) is 0 Å². The highest BCUT2D eigenvalue weighted by Crippen LogP contribution is 2.31. The van der Waals surface area contributed by atoms with Crippen LogP contribution in [0, 0.1) is 0 Å². The largest absolute Gasteiger partial charge is 0.378 e. The molecule has 2 aromatic rings. The molecule has 0 bridgehead atoms. The Morgan fingerprint density at radius 1 is 0.970 bits per heavy atom. The van der Waals surface area contributed by atoms with Crippen molar-refractivity contribution >= 4 is 5.69 Å². The van der Waals surface area contributed by atoms with Crippen molar-refractivity contribution in [3.8, 4) is 0 Å². The van der Waals surface area contributed by atoms with Crippen molar-refractivity contribution in [2.45, 2.75) is 69.7 Å². The molecule has 1 aliphatic carbocycles. The van der Waals surface area contributed by atoms with Crippen LogP contribution >= 0.6 is 0 Å². The van der Waals surface area contributed by atoms with Gasteiger partial charge in [0.15, 0.2) is 5.82 Å². The molecule has 2 aliphatic heterocycles. The number of ether oxygens (including phenoxy) is 1. The second kappa shape index (κ2) is 10.5. The first-order valence-electron chi connectivity index (χ1n) is 12.8. The Morgan fingerprint density at radius 3 is 2.39 bits per heavy atom. The zero-order valence-corrected chi connectivity index (χ0v) is 20.3. The molecule has 0 spiro atoms. The van der Waals surface area contributed by atoms with Gasteiger partial charge in [0.05, 0.1) is 18.7 Å². The lowest BCUT2D eigenvalue weighted by Crippen LogP contribution is -2.52. The van der Waals surface area contributed by atoms with Gasteiger partial charge >= 0.3 is 0 Å². The third-order valence-corrected chi connectivity index (χ3v) is 7.74. The number of piperazine rings is 1. The monoisotopic (exact) mass is 453 g/mol. The summed E-state index contributed by atoms with van der Waals surface area (Å²) < 4.78 is 7.89. The van der Waals surface area contributed by atoms with Gasteiger partial charge in [-0.3, -0.25) is 9.80 Å². The number of rotatable bonds is 7. The molecule has 8 nitrogen and oxygen atoms in total. The molecule has 1 aromatic heterocycles. The normalized spacial score (nSPS) is 24.2. The van der Waals surface area contributed by atoms with E-state index in [1.54, 1.807) is 0 Å². The highest BCUT2D eigenvalue weighted by Gasteiger charge is 2.33. The fraction of sp³-hybridized carbons (Fsp3) is 0.720. The summed E-state index contributed by atoms with van der Waals surface area (Å²) >= 11 is 0. The zero-order chi connectivity index (χ0) is 22.6. The molecule has 8 heteroatoms. The van der Waals surface area contributed by atoms with Crippen molar-refractivity contribution in [3.63, 3.8) is 0 Å². The average Bonchev–Trinajstić information content (AvgIpc) is 3.54. The van der Waals surface area contributed by atoms with Crippen molar-refractivity contribution in [2.24, 2.45) is 0 Å². The van der Waals surface area contributed by atoms with Crippen LogP contribution in [0.1, 0.15) is 62.4 Å². The Morgan fingerprint density at radius 2 is 1.73 bits per heavy atom. The standard InChI is InChI=1S/C25H39N7O/c1-29(2)21-12-10-20(11-13-21)24(25-26-27-28-32(25)19-23-9-6-18-33-23)31-16-14-30(15-17-31)22-7-4-3-5-8-22/h10-13,22-24H,3-9,14-19H2,1-2H3/t23-,24+/m0/s1. The van der Waals surface area contributed by atoms with Crippen molar-refractivity contribution in [3.05, 3.63) is 35.7 Å². The van der Waals surface area contributed by atoms with E-state index in [-0.39, 0.29) is 12.1 Å². The molecular formula is C25H39N7O. The Hall–Kier alpha value is -2.03. The van der Waals surface area contributed by atoms with E-state index in [1.165, 1.54) is 43.4 Å². The van der Waals surface area contributed by atoms with Gasteiger partial charge in [-0.05, 0) is 53.8 Å². The van der Waals surface area contributed by atoms with Crippen LogP contribution in [0.4, 0.5) is 5.69 Å². The lowest BCUT2D eigenvalue weighted by molar-refractivity contribution is 0.0595. The number of hydrogen-bond donors (Lipinski definition) is 0. The third kappa shape index (κ3) is 5.23. The number of nitrogens with zero attached hydrogens (tertiary/aromatic N) is 7. The van der Waals surface area contributed by atoms with Crippen LogP contribution in [-0.4, -0.2) is 89.0 Å². The first-order valence-corrected chi connectivity index (χ1v) is 12.8. The molecular weight excluding hydrogens is 414 g/mol. The Labute approximate surface area is 197 Å². The van der Waals surface area contributed by atoms with Crippen molar-refractivity contribution in [2.75, 3.05) is 51.8 Å². The fourth-order valence-electron chi connectivity index (χ4n) is 5.80. The Bertz CT molecular complexity index is 863. The van der Waals surface area contributed by atoms with E-state index < -0.39 is 0 Å². The van der Waals surface area contributed by atoms with E-state index >= 15 is 0 Å². The van der Waals surface area contributed by atoms with Gasteiger partial charge in [-0.15, -0.1) is 5.10 Å². The van der Waals surface area contributed by atoms with Crippen LogP contribution in [-0.2, 0) is 11.3 Å². The van der Waals surface area contributed by atoms with E-state index in [4.69, 9.17) is 4.74 Å². The molecule has 0 radical (unpaired) electrons. The van der Waals surface area contributed by atoms with Crippen molar-refractivity contribution < 1.29 is 4.74 Å². The summed E-state index contributed by atoms with van der Waals surface area (Å²) in [7, 11) is 4.16. The molecule has 0 amide bonds. The molecule has 3 fully saturated rings. The quantitative estimate of drug-likeness (QED) is 0.639. The zero-order valence-electron chi connectivity index (χ0n) is 20.3. The topological polar surface area (TPSA) is 62.6 Å². The summed E-state index contributed by atoms with van der Waals surface area (Å²) in [4.78, 5) is 7.46. The Balaban J connectivity index is 1.37. The van der Waals surface area contributed by atoms with Crippen LogP contribution < -0.4 is 4.90 Å². The molecule has 33 heavy (non-hydrogen) atoms. The average molecular weight is 454 g/mol. The summed E-state index contributed by atoms with van der Waals surface area (Å²) in [5, 5.41) is 13.0. The fourth-order valence-corrected chi connectivity index (χ4v) is 5.80. The maximum absolute atomic E-state index is 5.89. The predicted octanol–water partition coefficient (Wildman–Crippen LogP) is 2.96. The molecule has 1 saturated carbocycles. The summed E-state index contributed by atoms with van der Waals surface area (Å²) in [5.41, 5.74) is 2.47. The van der Waals surface area contributed by atoms with Crippen LogP contribution in [0.3, 0.4) is 0 Å². The molecule has 2 saturated heterocycles. The number of aromatic nitrogens is 4. The molecule has 5 rings (SSSR count). The van der Waals surface area contributed by atoms with E-state index in [1.807, 2.05) is 4.68 Å². The van der Waals surface area contributed by atoms with Gasteiger partial charge in [0.25, 0.3) is 0 Å². The highest BCUT2D eigenvalue weighted by molar-refractivity contribution is 5.47. The number of tetrazole rings is 1. The number of hydrogen-bond acceptors (Lipinski definition) is 7. The smallest absolute Gasteiger partial charge is 0.173 e. The maximum Gasteiger partial charge on any atom is 0.173 e. The lowest BCUT2D eigenvalue weighted by Gasteiger charge is -2.43. The van der Waals surface area contributed by atoms with E-state index in [0.29, 0.717) is 0 Å². The molecule has 3 heterocycles. The highest BCUT2D eigenvalue weighted by atomic mass is 16.5. The lowest BCUT2D eigenvalue weighted by atomic mass is 9.93. The van der Waals surface area contributed by atoms with Gasteiger partial charge in [0.1, 0.15) is 0 Å². The van der Waals surface area contributed by atoms with Gasteiger partial charge < -0.3 is 9.64 Å². The van der Waals surface area contributed by atoms with Gasteiger partial charge in [-0.25, -0.2) is 4.68 Å². The minimum absolute atomic E-state index is 0.0612. The molecule has 2 atom stereocenters. The van der Waals surface area contributed by atoms with Gasteiger partial charge in [0, 0.05) is 58.6 Å². The molecule has 180 valence electrons. The van der Waals surface area contributed by atoms with Crippen molar-refractivity contribution in [1.29, 1.82) is 0 Å². The molecule has 0 N–H and O–H groups in total. The number of anilines is 1. The van der Waals surface area contributed by atoms with E-state index in [9.17, 15) is 0 Å². The van der Waals surface area contributed by atoms with Crippen LogP contribution in [0.15, 0.2) is 24.3 Å². The van der Waals surface area contributed by atoms with Crippen LogP contribution in [0.25, 0.3) is 0 Å². The van der Waals surface area contributed by atoms with Crippen LogP contribution in [0.2, 0.25) is 0 Å². The predicted molar refractivity (Wildman–Crippen MR) is 129 cm³/mol. The minimum Gasteiger partial charge on any atom is -0.378 e. The van der Waals surface area contributed by atoms with Gasteiger partial charge in [-0.1, -0.05) is 31.4 Å². The van der Waals surface area contributed by atoms with E-state index in [0.717, 1.165) is 64.0 Å². The maximum atomic E-state index is 5.89. The Kier molecular flexibility index (Phi) is 7.23. The summed E-state index contributed by atoms with van der Waals surface area (Å²) in [5.74, 6) is 0.939. The first-order chi connectivity index (χ1) is 16.2. The molecule has 3 aliphatic rings. The third-order valence-electron chi connectivity index (χ3n) is 7.74. The van der Waals surface area contributed by atoms with Gasteiger partial charge in [0.2, 0.25) is 0 Å². The first kappa shape index (κ1) is 22.7. The second-order valence-corrected chi connectivity index (χ2v) is 10.1. The summed E-state index contributed by atoms with van der Waals surface area (Å²) in [6.07, 6.45) is 9.36. The van der Waals surface area contributed by atoms with Gasteiger partial charge in [-0.2, -0.15) is 0 Å².